The maximum atomic E-state index is 12.3. The molecule has 3 N–H and O–H groups in total. The number of anilines is 1. The molecule has 0 spiro atoms. The van der Waals surface area contributed by atoms with Crippen LogP contribution in [0.1, 0.15) is 44.0 Å². The first-order valence-corrected chi connectivity index (χ1v) is 8.28. The van der Waals surface area contributed by atoms with Crippen LogP contribution in [0.4, 0.5) is 5.69 Å². The number of carboxylic acid groups (broad SMARTS) is 1. The molecule has 1 aliphatic carbocycles. The molecule has 4 unspecified atom stereocenters. The Morgan fingerprint density at radius 3 is 2.54 bits per heavy atom. The zero-order valence-electron chi connectivity index (χ0n) is 14.2. The molecule has 0 aliphatic heterocycles. The standard InChI is InChI=1S/C18H24N2O4/c1-4-10(2)15(18(23)24)20-16(21)12-6-5-7-13(9-12)19-17(22)14-8-11(14)3/h5-7,9-11,14-15H,4,8H2,1-3H3,(H,19,22)(H,20,21)(H,23,24). The Balaban J connectivity index is 2.05. The van der Waals surface area contributed by atoms with Crippen LogP contribution in [0.5, 0.6) is 0 Å². The van der Waals surface area contributed by atoms with Crippen molar-refractivity contribution in [2.24, 2.45) is 17.8 Å². The van der Waals surface area contributed by atoms with Crippen LogP contribution in [0.15, 0.2) is 24.3 Å². The minimum absolute atomic E-state index is 0.0388. The average Bonchev–Trinajstić information content (AvgIpc) is 3.28. The Morgan fingerprint density at radius 1 is 1.33 bits per heavy atom. The van der Waals surface area contributed by atoms with Gasteiger partial charge in [-0.3, -0.25) is 9.59 Å². The minimum atomic E-state index is -1.05. The molecule has 0 bridgehead atoms. The number of rotatable bonds is 7. The number of hydrogen-bond donors (Lipinski definition) is 3. The Kier molecular flexibility index (Phi) is 5.59. The largest absolute Gasteiger partial charge is 0.480 e. The fourth-order valence-electron chi connectivity index (χ4n) is 2.57. The number of hydrogen-bond acceptors (Lipinski definition) is 3. The predicted molar refractivity (Wildman–Crippen MR) is 90.7 cm³/mol. The molecular weight excluding hydrogens is 308 g/mol. The second-order valence-corrected chi connectivity index (χ2v) is 6.56. The Morgan fingerprint density at radius 2 is 2.00 bits per heavy atom. The number of nitrogens with one attached hydrogen (secondary N) is 2. The molecule has 0 radical (unpaired) electrons. The fraction of sp³-hybridized carbons (Fsp3) is 0.500. The van der Waals surface area contributed by atoms with E-state index in [0.29, 0.717) is 23.6 Å². The van der Waals surface area contributed by atoms with Gasteiger partial charge in [-0.1, -0.05) is 33.3 Å². The van der Waals surface area contributed by atoms with Crippen LogP contribution in [0.3, 0.4) is 0 Å². The third-order valence-electron chi connectivity index (χ3n) is 4.60. The van der Waals surface area contributed by atoms with E-state index in [1.54, 1.807) is 31.2 Å². The molecule has 4 atom stereocenters. The van der Waals surface area contributed by atoms with Gasteiger partial charge in [-0.25, -0.2) is 4.79 Å². The van der Waals surface area contributed by atoms with Crippen molar-refractivity contribution in [2.45, 2.75) is 39.7 Å². The van der Waals surface area contributed by atoms with Crippen molar-refractivity contribution in [2.75, 3.05) is 5.32 Å². The Labute approximate surface area is 141 Å². The lowest BCUT2D eigenvalue weighted by Crippen LogP contribution is -2.45. The smallest absolute Gasteiger partial charge is 0.326 e. The summed E-state index contributed by atoms with van der Waals surface area (Å²) in [7, 11) is 0. The van der Waals surface area contributed by atoms with Gasteiger partial charge in [0.15, 0.2) is 0 Å². The highest BCUT2D eigenvalue weighted by Crippen LogP contribution is 2.38. The molecule has 130 valence electrons. The van der Waals surface area contributed by atoms with Crippen molar-refractivity contribution in [3.05, 3.63) is 29.8 Å². The van der Waals surface area contributed by atoms with E-state index in [9.17, 15) is 19.5 Å². The maximum Gasteiger partial charge on any atom is 0.326 e. The summed E-state index contributed by atoms with van der Waals surface area (Å²) in [6.45, 7) is 5.68. The van der Waals surface area contributed by atoms with Crippen molar-refractivity contribution >= 4 is 23.5 Å². The van der Waals surface area contributed by atoms with Crippen LogP contribution in [0, 0.1) is 17.8 Å². The highest BCUT2D eigenvalue weighted by atomic mass is 16.4. The molecule has 2 rings (SSSR count). The molecule has 0 heterocycles. The summed E-state index contributed by atoms with van der Waals surface area (Å²) in [5.41, 5.74) is 0.869. The lowest BCUT2D eigenvalue weighted by atomic mass is 9.99. The van der Waals surface area contributed by atoms with E-state index in [4.69, 9.17) is 0 Å². The van der Waals surface area contributed by atoms with Crippen LogP contribution in [-0.2, 0) is 9.59 Å². The van der Waals surface area contributed by atoms with Crippen LogP contribution in [0.2, 0.25) is 0 Å². The Hall–Kier alpha value is -2.37. The van der Waals surface area contributed by atoms with Crippen molar-refractivity contribution in [3.8, 4) is 0 Å². The lowest BCUT2D eigenvalue weighted by Gasteiger charge is -2.20. The second-order valence-electron chi connectivity index (χ2n) is 6.56. The molecule has 1 aliphatic rings. The first-order valence-electron chi connectivity index (χ1n) is 8.28. The quantitative estimate of drug-likeness (QED) is 0.715. The molecule has 2 amide bonds. The number of aliphatic carboxylic acids is 1. The van der Waals surface area contributed by atoms with Gasteiger partial charge in [0.1, 0.15) is 6.04 Å². The molecule has 1 aromatic rings. The summed E-state index contributed by atoms with van der Waals surface area (Å²) >= 11 is 0. The van der Waals surface area contributed by atoms with Crippen molar-refractivity contribution in [3.63, 3.8) is 0 Å². The zero-order chi connectivity index (χ0) is 17.9. The normalized spacial score (nSPS) is 21.5. The predicted octanol–water partition coefficient (Wildman–Crippen LogP) is 2.51. The van der Waals surface area contributed by atoms with Crippen LogP contribution >= 0.6 is 0 Å². The number of carbonyl (C=O) groups excluding carboxylic acids is 2. The summed E-state index contributed by atoms with van der Waals surface area (Å²) in [6, 6.07) is 5.61. The summed E-state index contributed by atoms with van der Waals surface area (Å²) in [5.74, 6) is -1.27. The topological polar surface area (TPSA) is 95.5 Å². The number of carboxylic acids is 1. The molecular formula is C18H24N2O4. The van der Waals surface area contributed by atoms with Gasteiger partial charge in [-0.15, -0.1) is 0 Å². The van der Waals surface area contributed by atoms with Gasteiger partial charge in [-0.2, -0.15) is 0 Å². The van der Waals surface area contributed by atoms with Gasteiger partial charge < -0.3 is 15.7 Å². The van der Waals surface area contributed by atoms with E-state index < -0.39 is 17.9 Å². The lowest BCUT2D eigenvalue weighted by molar-refractivity contribution is -0.140. The number of amides is 2. The molecule has 0 aromatic heterocycles. The van der Waals surface area contributed by atoms with Crippen molar-refractivity contribution in [1.82, 2.24) is 5.32 Å². The third-order valence-corrected chi connectivity index (χ3v) is 4.60. The van der Waals surface area contributed by atoms with Crippen LogP contribution in [-0.4, -0.2) is 28.9 Å². The van der Waals surface area contributed by atoms with Gasteiger partial charge >= 0.3 is 5.97 Å². The van der Waals surface area contributed by atoms with Gasteiger partial charge in [0.2, 0.25) is 5.91 Å². The molecule has 6 heteroatoms. The van der Waals surface area contributed by atoms with Gasteiger partial charge in [0.25, 0.3) is 5.91 Å². The van der Waals surface area contributed by atoms with E-state index in [1.807, 2.05) is 13.8 Å². The van der Waals surface area contributed by atoms with E-state index in [0.717, 1.165) is 6.42 Å². The maximum absolute atomic E-state index is 12.3. The summed E-state index contributed by atoms with van der Waals surface area (Å²) < 4.78 is 0. The molecule has 1 aromatic carbocycles. The summed E-state index contributed by atoms with van der Waals surface area (Å²) in [4.78, 5) is 35.6. The number of benzene rings is 1. The van der Waals surface area contributed by atoms with E-state index >= 15 is 0 Å². The molecule has 24 heavy (non-hydrogen) atoms. The first kappa shape index (κ1) is 18.0. The third kappa shape index (κ3) is 4.34. The molecule has 1 saturated carbocycles. The number of carbonyl (C=O) groups is 3. The van der Waals surface area contributed by atoms with E-state index in [-0.39, 0.29) is 17.7 Å². The van der Waals surface area contributed by atoms with Crippen LogP contribution < -0.4 is 10.6 Å². The first-order chi connectivity index (χ1) is 11.3. The second kappa shape index (κ2) is 7.47. The zero-order valence-corrected chi connectivity index (χ0v) is 14.2. The van der Waals surface area contributed by atoms with Gasteiger partial charge in [0.05, 0.1) is 0 Å². The molecule has 1 fully saturated rings. The van der Waals surface area contributed by atoms with Crippen molar-refractivity contribution in [1.29, 1.82) is 0 Å². The van der Waals surface area contributed by atoms with E-state index in [1.165, 1.54) is 0 Å². The van der Waals surface area contributed by atoms with Gasteiger partial charge in [-0.05, 0) is 36.5 Å². The average molecular weight is 332 g/mol. The molecule has 6 nitrogen and oxygen atoms in total. The summed E-state index contributed by atoms with van der Waals surface area (Å²) in [5, 5.41) is 14.6. The monoisotopic (exact) mass is 332 g/mol. The van der Waals surface area contributed by atoms with Crippen molar-refractivity contribution < 1.29 is 19.5 Å². The fourth-order valence-corrected chi connectivity index (χ4v) is 2.57. The van der Waals surface area contributed by atoms with E-state index in [2.05, 4.69) is 10.6 Å². The highest BCUT2D eigenvalue weighted by molar-refractivity contribution is 5.99. The SMILES string of the molecule is CCC(C)C(NC(=O)c1cccc(NC(=O)C2CC2C)c1)C(=O)O. The summed E-state index contributed by atoms with van der Waals surface area (Å²) in [6.07, 6.45) is 1.54. The molecule has 0 saturated heterocycles. The van der Waals surface area contributed by atoms with Gasteiger partial charge in [0, 0.05) is 17.2 Å². The minimum Gasteiger partial charge on any atom is -0.480 e. The Bertz CT molecular complexity index is 644. The van der Waals surface area contributed by atoms with Crippen LogP contribution in [0.25, 0.3) is 0 Å². The highest BCUT2D eigenvalue weighted by Gasteiger charge is 2.39.